The van der Waals surface area contributed by atoms with Crippen molar-refractivity contribution in [2.24, 2.45) is 5.92 Å². The zero-order valence-electron chi connectivity index (χ0n) is 10.4. The molecule has 2 rings (SSSR count). The predicted molar refractivity (Wildman–Crippen MR) is 69.7 cm³/mol. The van der Waals surface area contributed by atoms with Crippen LogP contribution in [0.2, 0.25) is 0 Å². The maximum atomic E-state index is 11.0. The highest BCUT2D eigenvalue weighted by Gasteiger charge is 2.25. The number of nitrogens with zero attached hydrogens (tertiary/aromatic N) is 1. The van der Waals surface area contributed by atoms with Gasteiger partial charge in [0, 0.05) is 18.5 Å². The molecule has 0 bridgehead atoms. The molecule has 98 valence electrons. The van der Waals surface area contributed by atoms with Crippen LogP contribution in [0.1, 0.15) is 24.8 Å². The van der Waals surface area contributed by atoms with Gasteiger partial charge in [-0.05, 0) is 31.4 Å². The second kappa shape index (κ2) is 5.35. The van der Waals surface area contributed by atoms with Crippen molar-refractivity contribution >= 4 is 11.4 Å². The maximum absolute atomic E-state index is 11.0. The highest BCUT2D eigenvalue weighted by Crippen LogP contribution is 2.29. The molecule has 5 heteroatoms. The van der Waals surface area contributed by atoms with E-state index in [1.54, 1.807) is 12.1 Å². The molecule has 0 spiro atoms. The summed E-state index contributed by atoms with van der Waals surface area (Å²) in [5.41, 5.74) is 1.50. The summed E-state index contributed by atoms with van der Waals surface area (Å²) in [5, 5.41) is 23.8. The Bertz CT molecular complexity index is 448. The summed E-state index contributed by atoms with van der Waals surface area (Å²) in [4.78, 5) is 10.6. The van der Waals surface area contributed by atoms with Gasteiger partial charge in [-0.3, -0.25) is 10.1 Å². The van der Waals surface area contributed by atoms with E-state index in [0.29, 0.717) is 12.2 Å². The zero-order valence-corrected chi connectivity index (χ0v) is 10.4. The minimum atomic E-state index is -0.375. The highest BCUT2D eigenvalue weighted by atomic mass is 16.6. The lowest BCUT2D eigenvalue weighted by molar-refractivity contribution is -0.384. The van der Waals surface area contributed by atoms with E-state index in [-0.39, 0.29) is 22.6 Å². The third kappa shape index (κ3) is 2.79. The van der Waals surface area contributed by atoms with Crippen LogP contribution in [0.5, 0.6) is 0 Å². The molecule has 0 aliphatic heterocycles. The molecule has 2 atom stereocenters. The van der Waals surface area contributed by atoms with Crippen molar-refractivity contribution < 1.29 is 10.0 Å². The Morgan fingerprint density at radius 3 is 2.89 bits per heavy atom. The Morgan fingerprint density at radius 1 is 1.50 bits per heavy atom. The van der Waals surface area contributed by atoms with E-state index in [2.05, 4.69) is 5.32 Å². The van der Waals surface area contributed by atoms with Crippen molar-refractivity contribution in [1.82, 2.24) is 0 Å². The molecule has 0 saturated heterocycles. The van der Waals surface area contributed by atoms with Crippen LogP contribution in [-0.4, -0.2) is 22.7 Å². The van der Waals surface area contributed by atoms with E-state index in [1.807, 2.05) is 13.0 Å². The third-order valence-electron chi connectivity index (χ3n) is 3.52. The molecule has 5 nitrogen and oxygen atoms in total. The predicted octanol–water partition coefficient (Wildman–Crippen LogP) is 2.48. The van der Waals surface area contributed by atoms with Gasteiger partial charge in [-0.15, -0.1) is 0 Å². The standard InChI is InChI=1S/C13H18N2O3/c1-9-5-6-11(12(7-9)15(17)18)14-8-10-3-2-4-13(10)16/h5-7,10,13-14,16H,2-4,8H2,1H3. The molecule has 2 N–H and O–H groups in total. The number of aliphatic hydroxyl groups excluding tert-OH is 1. The number of hydrogen-bond donors (Lipinski definition) is 2. The quantitative estimate of drug-likeness (QED) is 0.636. The number of nitro groups is 1. The van der Waals surface area contributed by atoms with Crippen LogP contribution in [0.3, 0.4) is 0 Å². The minimum Gasteiger partial charge on any atom is -0.393 e. The average molecular weight is 250 g/mol. The number of hydrogen-bond acceptors (Lipinski definition) is 4. The highest BCUT2D eigenvalue weighted by molar-refractivity contribution is 5.62. The third-order valence-corrected chi connectivity index (χ3v) is 3.52. The van der Waals surface area contributed by atoms with Gasteiger partial charge in [-0.2, -0.15) is 0 Å². The van der Waals surface area contributed by atoms with E-state index in [1.165, 1.54) is 0 Å². The number of nitrogens with one attached hydrogen (secondary N) is 1. The molecule has 1 aliphatic carbocycles. The zero-order chi connectivity index (χ0) is 13.1. The van der Waals surface area contributed by atoms with Crippen LogP contribution in [0.15, 0.2) is 18.2 Å². The van der Waals surface area contributed by atoms with Crippen molar-refractivity contribution in [3.05, 3.63) is 33.9 Å². The summed E-state index contributed by atoms with van der Waals surface area (Å²) < 4.78 is 0. The number of aryl methyl sites for hydroxylation is 1. The van der Waals surface area contributed by atoms with E-state index < -0.39 is 0 Å². The van der Waals surface area contributed by atoms with E-state index >= 15 is 0 Å². The fourth-order valence-electron chi connectivity index (χ4n) is 2.44. The van der Waals surface area contributed by atoms with Crippen LogP contribution in [0.4, 0.5) is 11.4 Å². The number of aliphatic hydroxyl groups is 1. The number of anilines is 1. The monoisotopic (exact) mass is 250 g/mol. The Kier molecular flexibility index (Phi) is 3.81. The second-order valence-electron chi connectivity index (χ2n) is 4.92. The number of nitro benzene ring substituents is 1. The maximum Gasteiger partial charge on any atom is 0.292 e. The summed E-state index contributed by atoms with van der Waals surface area (Å²) in [6, 6.07) is 5.14. The molecular weight excluding hydrogens is 232 g/mol. The van der Waals surface area contributed by atoms with Gasteiger partial charge in [0.15, 0.2) is 0 Å². The Morgan fingerprint density at radius 2 is 2.28 bits per heavy atom. The molecule has 0 radical (unpaired) electrons. The van der Waals surface area contributed by atoms with Gasteiger partial charge in [-0.1, -0.05) is 12.5 Å². The first-order chi connectivity index (χ1) is 8.58. The fraction of sp³-hybridized carbons (Fsp3) is 0.538. The molecule has 1 fully saturated rings. The van der Waals surface area contributed by atoms with Crippen molar-refractivity contribution in [2.75, 3.05) is 11.9 Å². The van der Waals surface area contributed by atoms with Crippen LogP contribution in [0, 0.1) is 23.0 Å². The van der Waals surface area contributed by atoms with Crippen LogP contribution in [-0.2, 0) is 0 Å². The van der Waals surface area contributed by atoms with E-state index in [0.717, 1.165) is 24.8 Å². The van der Waals surface area contributed by atoms with Gasteiger partial charge in [0.05, 0.1) is 11.0 Å². The van der Waals surface area contributed by atoms with Gasteiger partial charge in [-0.25, -0.2) is 0 Å². The first-order valence-corrected chi connectivity index (χ1v) is 6.25. The summed E-state index contributed by atoms with van der Waals surface area (Å²) in [7, 11) is 0. The number of rotatable bonds is 4. The lowest BCUT2D eigenvalue weighted by Gasteiger charge is -2.16. The Labute approximate surface area is 106 Å². The molecule has 0 aromatic heterocycles. The first-order valence-electron chi connectivity index (χ1n) is 6.25. The molecule has 2 unspecified atom stereocenters. The molecule has 1 saturated carbocycles. The van der Waals surface area contributed by atoms with Gasteiger partial charge in [0.25, 0.3) is 5.69 Å². The fourth-order valence-corrected chi connectivity index (χ4v) is 2.44. The molecule has 1 aromatic rings. The van der Waals surface area contributed by atoms with Gasteiger partial charge in [0.2, 0.25) is 0 Å². The van der Waals surface area contributed by atoms with Crippen molar-refractivity contribution in [2.45, 2.75) is 32.3 Å². The molecule has 18 heavy (non-hydrogen) atoms. The average Bonchev–Trinajstić information content (AvgIpc) is 2.73. The van der Waals surface area contributed by atoms with Crippen LogP contribution in [0.25, 0.3) is 0 Å². The number of benzene rings is 1. The van der Waals surface area contributed by atoms with Crippen molar-refractivity contribution in [3.63, 3.8) is 0 Å². The Balaban J connectivity index is 2.06. The van der Waals surface area contributed by atoms with Crippen molar-refractivity contribution in [1.29, 1.82) is 0 Å². The topological polar surface area (TPSA) is 75.4 Å². The molecule has 0 amide bonds. The lowest BCUT2D eigenvalue weighted by atomic mass is 10.1. The lowest BCUT2D eigenvalue weighted by Crippen LogP contribution is -2.22. The largest absolute Gasteiger partial charge is 0.393 e. The normalized spacial score (nSPS) is 23.0. The summed E-state index contributed by atoms with van der Waals surface area (Å²) in [5.74, 6) is 0.200. The van der Waals surface area contributed by atoms with E-state index in [9.17, 15) is 15.2 Å². The minimum absolute atomic E-state index is 0.0995. The summed E-state index contributed by atoms with van der Waals surface area (Å²) >= 11 is 0. The van der Waals surface area contributed by atoms with Crippen LogP contribution < -0.4 is 5.32 Å². The van der Waals surface area contributed by atoms with Gasteiger partial charge in [0.1, 0.15) is 5.69 Å². The second-order valence-corrected chi connectivity index (χ2v) is 4.92. The van der Waals surface area contributed by atoms with Crippen molar-refractivity contribution in [3.8, 4) is 0 Å². The Hall–Kier alpha value is -1.62. The summed E-state index contributed by atoms with van der Waals surface area (Å²) in [6.07, 6.45) is 2.57. The molecule has 1 aromatic carbocycles. The molecular formula is C13H18N2O3. The van der Waals surface area contributed by atoms with Crippen LogP contribution >= 0.6 is 0 Å². The first kappa shape index (κ1) is 12.8. The molecule has 0 heterocycles. The van der Waals surface area contributed by atoms with E-state index in [4.69, 9.17) is 0 Å². The smallest absolute Gasteiger partial charge is 0.292 e. The van der Waals surface area contributed by atoms with Gasteiger partial charge >= 0.3 is 0 Å². The molecule has 1 aliphatic rings. The van der Waals surface area contributed by atoms with Gasteiger partial charge < -0.3 is 10.4 Å². The summed E-state index contributed by atoms with van der Waals surface area (Å²) in [6.45, 7) is 2.42. The SMILES string of the molecule is Cc1ccc(NCC2CCCC2O)c([N+](=O)[O-])c1.